The number of hydrogen-bond donors (Lipinski definition) is 2. The number of benzene rings is 2. The minimum absolute atomic E-state index is 0.252. The van der Waals surface area contributed by atoms with Crippen LogP contribution in [0.1, 0.15) is 12.8 Å². The van der Waals surface area contributed by atoms with Crippen molar-refractivity contribution in [1.82, 2.24) is 4.98 Å². The summed E-state index contributed by atoms with van der Waals surface area (Å²) in [5.41, 5.74) is 3.03. The number of hydrogen-bond acceptors (Lipinski definition) is 7. The second-order valence-corrected chi connectivity index (χ2v) is 11.9. The summed E-state index contributed by atoms with van der Waals surface area (Å²) in [5.74, 6) is 2.62. The Balaban J connectivity index is 1.63. The van der Waals surface area contributed by atoms with Crippen LogP contribution in [0.15, 0.2) is 63.6 Å². The van der Waals surface area contributed by atoms with Crippen molar-refractivity contribution in [1.29, 1.82) is 5.41 Å². The van der Waals surface area contributed by atoms with Gasteiger partial charge in [-0.15, -0.1) is 36.7 Å². The summed E-state index contributed by atoms with van der Waals surface area (Å²) in [6, 6.07) is 11.1. The van der Waals surface area contributed by atoms with E-state index in [1.54, 1.807) is 42.7 Å². The number of anilines is 1. The molecule has 0 aliphatic carbocycles. The molecule has 0 spiro atoms. The molecule has 3 aromatic rings. The van der Waals surface area contributed by atoms with Gasteiger partial charge in [0.15, 0.2) is 11.7 Å². The maximum absolute atomic E-state index is 12.5. The van der Waals surface area contributed by atoms with E-state index >= 15 is 0 Å². The molecule has 0 atom stereocenters. The number of halogens is 4. The number of allylic oxidation sites excluding steroid dienone is 1. The molecule has 11 heteroatoms. The van der Waals surface area contributed by atoms with Crippen LogP contribution in [-0.4, -0.2) is 32.6 Å². The zero-order chi connectivity index (χ0) is 25.2. The quantitative estimate of drug-likeness (QED) is 0.274. The summed E-state index contributed by atoms with van der Waals surface area (Å²) in [6.45, 7) is 3.76. The van der Waals surface area contributed by atoms with Gasteiger partial charge in [-0.1, -0.05) is 15.9 Å². The number of rotatable bonds is 7. The van der Waals surface area contributed by atoms with E-state index in [-0.39, 0.29) is 9.83 Å². The van der Waals surface area contributed by atoms with Gasteiger partial charge in [-0.3, -0.25) is 0 Å². The summed E-state index contributed by atoms with van der Waals surface area (Å²) in [4.78, 5) is 4.47. The van der Waals surface area contributed by atoms with Crippen LogP contribution in [0.3, 0.4) is 0 Å². The summed E-state index contributed by atoms with van der Waals surface area (Å²) in [7, 11) is 0. The molecule has 2 heterocycles. The van der Waals surface area contributed by atoms with E-state index in [1.165, 1.54) is 24.3 Å². The minimum atomic E-state index is -4.76. The molecule has 0 saturated carbocycles. The van der Waals surface area contributed by atoms with Crippen molar-refractivity contribution >= 4 is 50.9 Å². The molecule has 184 valence electrons. The third-order valence-electron chi connectivity index (χ3n) is 5.14. The maximum atomic E-state index is 12.5. The van der Waals surface area contributed by atoms with Crippen molar-refractivity contribution in [3.05, 3.63) is 65.1 Å². The van der Waals surface area contributed by atoms with Gasteiger partial charge < -0.3 is 19.9 Å². The average Bonchev–Trinajstić information content (AvgIpc) is 3.40. The topological polar surface area (TPSA) is 71.1 Å². The Hall–Kier alpha value is -2.37. The van der Waals surface area contributed by atoms with Gasteiger partial charge in [0.1, 0.15) is 11.4 Å². The first-order valence-corrected chi connectivity index (χ1v) is 13.2. The predicted molar refractivity (Wildman–Crippen MR) is 140 cm³/mol. The van der Waals surface area contributed by atoms with E-state index in [0.717, 1.165) is 21.7 Å². The number of nitrogens with zero attached hydrogens (tertiary/aromatic N) is 1. The molecule has 1 aliphatic rings. The Morgan fingerprint density at radius 1 is 1.20 bits per heavy atom. The number of ether oxygens (including phenoxy) is 1. The fraction of sp³-hybridized carbons (Fsp3) is 0.250. The first-order chi connectivity index (χ1) is 16.5. The molecule has 4 rings (SSSR count). The van der Waals surface area contributed by atoms with Gasteiger partial charge in [0.05, 0.1) is 9.79 Å². The van der Waals surface area contributed by atoms with Crippen LogP contribution in [0.2, 0.25) is 0 Å². The predicted octanol–water partition coefficient (Wildman–Crippen LogP) is 8.12. The first kappa shape index (κ1) is 25.7. The molecule has 35 heavy (non-hydrogen) atoms. The zero-order valence-electron chi connectivity index (χ0n) is 18.7. The van der Waals surface area contributed by atoms with Crippen LogP contribution in [-0.2, 0) is 0 Å². The Morgan fingerprint density at radius 3 is 2.54 bits per heavy atom. The first-order valence-electron chi connectivity index (χ1n) is 10.5. The van der Waals surface area contributed by atoms with E-state index in [4.69, 9.17) is 9.83 Å². The molecule has 1 aliphatic heterocycles. The molecule has 1 saturated heterocycles. The standard InChI is InChI=1S/C24H21BrF3N3O2S2/c1-14-31-21(15-3-6-17(7-4-15)33-24(26,27)28)22(32-14)18-13-16(25)5-8-19(18)30-10-9-20(29)23(2)34-11-12-35-23/h3-10,13,29-30H,11-12H2,1-2H3/b10-9-,29-20?. The van der Waals surface area contributed by atoms with Crippen molar-refractivity contribution in [3.63, 3.8) is 0 Å². The van der Waals surface area contributed by atoms with Crippen LogP contribution in [0, 0.1) is 12.3 Å². The molecule has 2 aromatic carbocycles. The Labute approximate surface area is 217 Å². The Morgan fingerprint density at radius 2 is 1.89 bits per heavy atom. The van der Waals surface area contributed by atoms with Crippen LogP contribution < -0.4 is 10.1 Å². The van der Waals surface area contributed by atoms with Crippen molar-refractivity contribution < 1.29 is 22.3 Å². The van der Waals surface area contributed by atoms with Crippen molar-refractivity contribution in [2.45, 2.75) is 24.3 Å². The van der Waals surface area contributed by atoms with E-state index < -0.39 is 6.36 Å². The van der Waals surface area contributed by atoms with Gasteiger partial charge in [0.25, 0.3) is 0 Å². The van der Waals surface area contributed by atoms with Crippen LogP contribution in [0.4, 0.5) is 18.9 Å². The van der Waals surface area contributed by atoms with Crippen LogP contribution in [0.25, 0.3) is 22.6 Å². The lowest BCUT2D eigenvalue weighted by Gasteiger charge is -2.20. The normalized spacial score (nSPS) is 15.5. The molecule has 0 amide bonds. The third kappa shape index (κ3) is 6.25. The molecule has 2 N–H and O–H groups in total. The lowest BCUT2D eigenvalue weighted by atomic mass is 10.0. The lowest BCUT2D eigenvalue weighted by molar-refractivity contribution is -0.274. The number of oxazole rings is 1. The molecule has 5 nitrogen and oxygen atoms in total. The van der Waals surface area contributed by atoms with E-state index in [1.807, 2.05) is 18.2 Å². The van der Waals surface area contributed by atoms with Gasteiger partial charge in [0, 0.05) is 45.9 Å². The summed E-state index contributed by atoms with van der Waals surface area (Å²) >= 11 is 7.02. The highest BCUT2D eigenvalue weighted by molar-refractivity contribution is 9.10. The van der Waals surface area contributed by atoms with Crippen LogP contribution >= 0.6 is 39.5 Å². The number of aromatic nitrogens is 1. The summed E-state index contributed by atoms with van der Waals surface area (Å²) in [6.07, 6.45) is -1.28. The highest BCUT2D eigenvalue weighted by atomic mass is 79.9. The molecular formula is C24H21BrF3N3O2S2. The highest BCUT2D eigenvalue weighted by Gasteiger charge is 2.33. The van der Waals surface area contributed by atoms with Crippen molar-refractivity contribution in [2.24, 2.45) is 0 Å². The van der Waals surface area contributed by atoms with Gasteiger partial charge in [-0.2, -0.15) is 0 Å². The van der Waals surface area contributed by atoms with Gasteiger partial charge in [-0.05, 0) is 55.5 Å². The monoisotopic (exact) mass is 583 g/mol. The Bertz CT molecular complexity index is 1250. The number of thioether (sulfide) groups is 2. The molecule has 1 fully saturated rings. The summed E-state index contributed by atoms with van der Waals surface area (Å²) < 4.78 is 48.0. The second-order valence-electron chi connectivity index (χ2n) is 7.71. The number of alkyl halides is 3. The average molecular weight is 584 g/mol. The largest absolute Gasteiger partial charge is 0.573 e. The van der Waals surface area contributed by atoms with Gasteiger partial charge in [-0.25, -0.2) is 4.98 Å². The van der Waals surface area contributed by atoms with Crippen LogP contribution in [0.5, 0.6) is 5.75 Å². The lowest BCUT2D eigenvalue weighted by Crippen LogP contribution is -2.22. The molecular weight excluding hydrogens is 563 g/mol. The smallest absolute Gasteiger partial charge is 0.440 e. The van der Waals surface area contributed by atoms with Crippen molar-refractivity contribution in [3.8, 4) is 28.3 Å². The molecule has 0 unspecified atom stereocenters. The van der Waals surface area contributed by atoms with Gasteiger partial charge >= 0.3 is 6.36 Å². The third-order valence-corrected chi connectivity index (χ3v) is 8.95. The second kappa shape index (κ2) is 10.3. The maximum Gasteiger partial charge on any atom is 0.573 e. The van der Waals surface area contributed by atoms with Crippen molar-refractivity contribution in [2.75, 3.05) is 16.8 Å². The van der Waals surface area contributed by atoms with E-state index in [2.05, 4.69) is 37.9 Å². The molecule has 1 aromatic heterocycles. The Kier molecular flexibility index (Phi) is 7.58. The zero-order valence-corrected chi connectivity index (χ0v) is 21.9. The number of aryl methyl sites for hydroxylation is 1. The fourth-order valence-corrected chi connectivity index (χ4v) is 6.57. The van der Waals surface area contributed by atoms with E-state index in [0.29, 0.717) is 34.2 Å². The minimum Gasteiger partial charge on any atom is -0.440 e. The molecule has 0 bridgehead atoms. The molecule has 0 radical (unpaired) electrons. The number of nitrogens with one attached hydrogen (secondary N) is 2. The fourth-order valence-electron chi connectivity index (χ4n) is 3.49. The summed E-state index contributed by atoms with van der Waals surface area (Å²) in [5, 5.41) is 11.7. The SMILES string of the molecule is Cc1nc(-c2ccc(OC(F)(F)F)cc2)c(-c2cc(Br)ccc2N/C=C\C(=N)C2(C)SCCS2)o1. The van der Waals surface area contributed by atoms with Gasteiger partial charge in [0.2, 0.25) is 0 Å². The van der Waals surface area contributed by atoms with E-state index in [9.17, 15) is 13.2 Å². The highest BCUT2D eigenvalue weighted by Crippen LogP contribution is 2.44.